The first kappa shape index (κ1) is 18.9. The van der Waals surface area contributed by atoms with E-state index in [1.165, 1.54) is 11.1 Å². The Kier molecular flexibility index (Phi) is 8.44. The summed E-state index contributed by atoms with van der Waals surface area (Å²) in [6, 6.07) is 27.2. The molecular weight excluding hydrogens is 378 g/mol. The molecule has 0 aliphatic rings. The molecule has 1 nitrogen and oxygen atoms in total. The van der Waals surface area contributed by atoms with Gasteiger partial charge < -0.3 is 4.90 Å². The van der Waals surface area contributed by atoms with Crippen molar-refractivity contribution in [3.63, 3.8) is 0 Å². The molecule has 3 heteroatoms. The number of hydrogen-bond donors (Lipinski definition) is 0. The van der Waals surface area contributed by atoms with Gasteiger partial charge in [0.1, 0.15) is 0 Å². The minimum absolute atomic E-state index is 0. The summed E-state index contributed by atoms with van der Waals surface area (Å²) in [4.78, 5) is 2.23. The summed E-state index contributed by atoms with van der Waals surface area (Å²) in [6.45, 7) is 0. The van der Waals surface area contributed by atoms with Crippen LogP contribution in [0.25, 0.3) is 0 Å². The fraction of sp³-hybridized carbons (Fsp3) is 0.158. The predicted molar refractivity (Wildman–Crippen MR) is 93.7 cm³/mol. The second kappa shape index (κ2) is 9.81. The molecule has 0 radical (unpaired) electrons. The number of hydrogen-bond acceptors (Lipinski definition) is 1. The van der Waals surface area contributed by atoms with E-state index in [0.29, 0.717) is 6.04 Å². The van der Waals surface area contributed by atoms with Gasteiger partial charge in [0.05, 0.1) is 0 Å². The van der Waals surface area contributed by atoms with E-state index in [1.807, 2.05) is 36.4 Å². The third-order valence-corrected chi connectivity index (χ3v) is 4.00. The van der Waals surface area contributed by atoms with Gasteiger partial charge in [-0.15, -0.1) is 5.56 Å². The third-order valence-electron chi connectivity index (χ3n) is 3.28. The smallest absolute Gasteiger partial charge is 0.300 e. The van der Waals surface area contributed by atoms with Crippen molar-refractivity contribution in [3.8, 4) is 0 Å². The number of rotatable bonds is 3. The van der Waals surface area contributed by atoms with Gasteiger partial charge in [0, 0.05) is 10.5 Å². The SMILES string of the molecule is CN(C)[C@H](c1ccc[cH-]1)c1ccccc1Br.[Fe+2].c1cc[cH-]c1. The topological polar surface area (TPSA) is 3.24 Å². The summed E-state index contributed by atoms with van der Waals surface area (Å²) < 4.78 is 1.16. The maximum absolute atomic E-state index is 3.62. The number of nitrogens with zero attached hydrogens (tertiary/aromatic N) is 1. The summed E-state index contributed by atoms with van der Waals surface area (Å²) in [5.74, 6) is 0. The van der Waals surface area contributed by atoms with Crippen LogP contribution in [0, 0.1) is 0 Å². The molecule has 0 amide bonds. The van der Waals surface area contributed by atoms with Crippen LogP contribution in [0.4, 0.5) is 0 Å². The van der Waals surface area contributed by atoms with Gasteiger partial charge in [-0.05, 0) is 25.7 Å². The van der Waals surface area contributed by atoms with Crippen LogP contribution in [0.15, 0.2) is 83.3 Å². The van der Waals surface area contributed by atoms with Gasteiger partial charge in [-0.1, -0.05) is 34.1 Å². The van der Waals surface area contributed by atoms with Crippen LogP contribution in [0.5, 0.6) is 0 Å². The largest absolute Gasteiger partial charge is 2.00 e. The molecule has 0 aliphatic heterocycles. The molecule has 0 saturated carbocycles. The van der Waals surface area contributed by atoms with Gasteiger partial charge in [-0.3, -0.25) is 0 Å². The van der Waals surface area contributed by atoms with Crippen LogP contribution >= 0.6 is 15.9 Å². The van der Waals surface area contributed by atoms with E-state index in [2.05, 4.69) is 77.4 Å². The summed E-state index contributed by atoms with van der Waals surface area (Å²) in [7, 11) is 4.22. The van der Waals surface area contributed by atoms with E-state index in [9.17, 15) is 0 Å². The van der Waals surface area contributed by atoms with Gasteiger partial charge in [0.15, 0.2) is 0 Å². The van der Waals surface area contributed by atoms with Crippen LogP contribution < -0.4 is 0 Å². The van der Waals surface area contributed by atoms with E-state index >= 15 is 0 Å². The molecule has 0 saturated heterocycles. The van der Waals surface area contributed by atoms with Crippen LogP contribution in [0.1, 0.15) is 17.2 Å². The zero-order valence-corrected chi connectivity index (χ0v) is 15.5. The van der Waals surface area contributed by atoms with E-state index in [-0.39, 0.29) is 17.1 Å². The molecule has 3 aromatic rings. The Balaban J connectivity index is 0.000000344. The van der Waals surface area contributed by atoms with Crippen LogP contribution in [0.3, 0.4) is 0 Å². The Labute approximate surface area is 152 Å². The maximum atomic E-state index is 3.62. The molecule has 3 aromatic carbocycles. The molecule has 0 heterocycles. The van der Waals surface area contributed by atoms with E-state index in [1.54, 1.807) is 0 Å². The Morgan fingerprint density at radius 2 is 1.59 bits per heavy atom. The minimum Gasteiger partial charge on any atom is -0.300 e. The van der Waals surface area contributed by atoms with Gasteiger partial charge in [0.25, 0.3) is 0 Å². The summed E-state index contributed by atoms with van der Waals surface area (Å²) >= 11 is 3.62. The molecule has 22 heavy (non-hydrogen) atoms. The Morgan fingerprint density at radius 1 is 0.909 bits per heavy atom. The van der Waals surface area contributed by atoms with E-state index in [4.69, 9.17) is 0 Å². The summed E-state index contributed by atoms with van der Waals surface area (Å²) in [5, 5.41) is 0. The second-order valence-corrected chi connectivity index (χ2v) is 5.92. The third kappa shape index (κ3) is 5.26. The Morgan fingerprint density at radius 3 is 2.05 bits per heavy atom. The van der Waals surface area contributed by atoms with Crippen LogP contribution in [-0.4, -0.2) is 19.0 Å². The van der Waals surface area contributed by atoms with Crippen molar-refractivity contribution in [2.45, 2.75) is 6.04 Å². The maximum Gasteiger partial charge on any atom is 2.00 e. The molecule has 0 unspecified atom stereocenters. The van der Waals surface area contributed by atoms with Crippen molar-refractivity contribution >= 4 is 15.9 Å². The quantitative estimate of drug-likeness (QED) is 0.432. The zero-order chi connectivity index (χ0) is 15.1. The van der Waals surface area contributed by atoms with Gasteiger partial charge in [-0.2, -0.15) is 30.3 Å². The molecule has 116 valence electrons. The van der Waals surface area contributed by atoms with Crippen molar-refractivity contribution in [3.05, 3.63) is 94.5 Å². The van der Waals surface area contributed by atoms with Crippen LogP contribution in [-0.2, 0) is 17.1 Å². The standard InChI is InChI=1S/C14H15BrN.C5H5.Fe/c1-16(2)14(11-7-3-4-8-11)12-9-5-6-10-13(12)15;1-2-4-5-3-1;/h3-10,14H,1-2H3;1-5H;/q2*-1;+2/t14-;;/m1../s1. The zero-order valence-electron chi connectivity index (χ0n) is 12.8. The predicted octanol–water partition coefficient (Wildman–Crippen LogP) is 5.22. The van der Waals surface area contributed by atoms with Crippen molar-refractivity contribution in [1.29, 1.82) is 0 Å². The second-order valence-electron chi connectivity index (χ2n) is 5.07. The van der Waals surface area contributed by atoms with Gasteiger partial charge in [-0.25, -0.2) is 24.3 Å². The molecule has 0 bridgehead atoms. The number of benzene rings is 1. The first-order valence-electron chi connectivity index (χ1n) is 6.99. The van der Waals surface area contributed by atoms with E-state index in [0.717, 1.165) is 4.47 Å². The number of halogens is 1. The van der Waals surface area contributed by atoms with Crippen molar-refractivity contribution < 1.29 is 17.1 Å². The molecule has 1 atom stereocenters. The molecular formula is C19H20BrFeN. The van der Waals surface area contributed by atoms with Gasteiger partial charge in [0.2, 0.25) is 0 Å². The van der Waals surface area contributed by atoms with Crippen molar-refractivity contribution in [1.82, 2.24) is 4.90 Å². The van der Waals surface area contributed by atoms with Gasteiger partial charge >= 0.3 is 17.1 Å². The van der Waals surface area contributed by atoms with Crippen molar-refractivity contribution in [2.24, 2.45) is 0 Å². The molecule has 3 rings (SSSR count). The molecule has 0 aromatic heterocycles. The Bertz CT molecular complexity index is 597. The molecule has 0 spiro atoms. The molecule has 0 N–H and O–H groups in total. The summed E-state index contributed by atoms with van der Waals surface area (Å²) in [5.41, 5.74) is 2.63. The Hall–Kier alpha value is -1.12. The molecule has 0 fully saturated rings. The summed E-state index contributed by atoms with van der Waals surface area (Å²) in [6.07, 6.45) is 0. The average Bonchev–Trinajstić information content (AvgIpc) is 3.16. The fourth-order valence-electron chi connectivity index (χ4n) is 2.34. The van der Waals surface area contributed by atoms with Crippen molar-refractivity contribution in [2.75, 3.05) is 14.1 Å². The van der Waals surface area contributed by atoms with Crippen LogP contribution in [0.2, 0.25) is 0 Å². The normalized spacial score (nSPS) is 11.3. The molecule has 0 aliphatic carbocycles. The van der Waals surface area contributed by atoms with E-state index < -0.39 is 0 Å². The average molecular weight is 398 g/mol. The fourth-order valence-corrected chi connectivity index (χ4v) is 2.85. The monoisotopic (exact) mass is 397 g/mol. The minimum atomic E-state index is 0. The first-order valence-corrected chi connectivity index (χ1v) is 7.78. The first-order chi connectivity index (χ1) is 10.2.